The van der Waals surface area contributed by atoms with Gasteiger partial charge < -0.3 is 10.5 Å². The minimum atomic E-state index is 0.202. The van der Waals surface area contributed by atoms with Crippen molar-refractivity contribution in [3.63, 3.8) is 0 Å². The van der Waals surface area contributed by atoms with Gasteiger partial charge in [-0.15, -0.1) is 0 Å². The summed E-state index contributed by atoms with van der Waals surface area (Å²) in [6.07, 6.45) is 1.09. The lowest BCUT2D eigenvalue weighted by Gasteiger charge is -2.42. The van der Waals surface area contributed by atoms with E-state index in [1.54, 1.807) is 0 Å². The SMILES string of the molecule is CC1(C)COCCN1CCCN. The van der Waals surface area contributed by atoms with Crippen LogP contribution in [0.1, 0.15) is 20.3 Å². The lowest BCUT2D eigenvalue weighted by Crippen LogP contribution is -2.53. The molecule has 0 aromatic heterocycles. The van der Waals surface area contributed by atoms with E-state index < -0.39 is 0 Å². The van der Waals surface area contributed by atoms with Crippen LogP contribution < -0.4 is 5.73 Å². The van der Waals surface area contributed by atoms with E-state index in [1.807, 2.05) is 0 Å². The number of rotatable bonds is 3. The lowest BCUT2D eigenvalue weighted by atomic mass is 10.0. The van der Waals surface area contributed by atoms with Gasteiger partial charge in [-0.25, -0.2) is 0 Å². The molecule has 0 aromatic rings. The van der Waals surface area contributed by atoms with Crippen LogP contribution >= 0.6 is 0 Å². The lowest BCUT2D eigenvalue weighted by molar-refractivity contribution is -0.0508. The van der Waals surface area contributed by atoms with Gasteiger partial charge in [-0.1, -0.05) is 0 Å². The maximum atomic E-state index is 5.48. The second-order valence-electron chi connectivity index (χ2n) is 3.99. The molecule has 0 saturated carbocycles. The third-order valence-electron chi connectivity index (χ3n) is 2.45. The van der Waals surface area contributed by atoms with Crippen molar-refractivity contribution in [2.24, 2.45) is 5.73 Å². The average molecular weight is 172 g/mol. The maximum absolute atomic E-state index is 5.48. The molecule has 1 fully saturated rings. The van der Waals surface area contributed by atoms with E-state index in [0.29, 0.717) is 0 Å². The van der Waals surface area contributed by atoms with Crippen molar-refractivity contribution in [2.75, 3.05) is 32.8 Å². The highest BCUT2D eigenvalue weighted by Crippen LogP contribution is 2.18. The van der Waals surface area contributed by atoms with Crippen LogP contribution in [-0.2, 0) is 4.74 Å². The molecule has 12 heavy (non-hydrogen) atoms. The van der Waals surface area contributed by atoms with Gasteiger partial charge in [-0.2, -0.15) is 0 Å². The first-order valence-corrected chi connectivity index (χ1v) is 4.70. The zero-order chi connectivity index (χ0) is 9.03. The van der Waals surface area contributed by atoms with Gasteiger partial charge in [-0.3, -0.25) is 4.90 Å². The second kappa shape index (κ2) is 4.21. The zero-order valence-electron chi connectivity index (χ0n) is 8.18. The van der Waals surface area contributed by atoms with Gasteiger partial charge in [-0.05, 0) is 26.8 Å². The highest BCUT2D eigenvalue weighted by atomic mass is 16.5. The van der Waals surface area contributed by atoms with Gasteiger partial charge in [0.1, 0.15) is 0 Å². The van der Waals surface area contributed by atoms with Gasteiger partial charge in [0.2, 0.25) is 0 Å². The first-order valence-electron chi connectivity index (χ1n) is 4.70. The molecule has 0 aromatic carbocycles. The van der Waals surface area contributed by atoms with Crippen molar-refractivity contribution in [2.45, 2.75) is 25.8 Å². The Balaban J connectivity index is 2.37. The Labute approximate surface area is 74.9 Å². The molecule has 0 amide bonds. The van der Waals surface area contributed by atoms with Crippen molar-refractivity contribution in [3.8, 4) is 0 Å². The van der Waals surface area contributed by atoms with Crippen LogP contribution in [0.25, 0.3) is 0 Å². The molecule has 72 valence electrons. The van der Waals surface area contributed by atoms with Gasteiger partial charge in [0.05, 0.1) is 13.2 Å². The van der Waals surface area contributed by atoms with E-state index in [4.69, 9.17) is 10.5 Å². The number of hydrogen-bond acceptors (Lipinski definition) is 3. The van der Waals surface area contributed by atoms with Crippen LogP contribution in [0, 0.1) is 0 Å². The predicted octanol–water partition coefficient (Wildman–Crippen LogP) is 0.446. The third kappa shape index (κ3) is 2.44. The Morgan fingerprint density at radius 1 is 1.50 bits per heavy atom. The summed E-state index contributed by atoms with van der Waals surface area (Å²) >= 11 is 0. The normalized spacial score (nSPS) is 24.2. The van der Waals surface area contributed by atoms with Crippen molar-refractivity contribution in [3.05, 3.63) is 0 Å². The smallest absolute Gasteiger partial charge is 0.0645 e. The van der Waals surface area contributed by atoms with Crippen LogP contribution in [0.2, 0.25) is 0 Å². The molecule has 1 saturated heterocycles. The molecule has 2 N–H and O–H groups in total. The molecule has 1 aliphatic heterocycles. The fourth-order valence-electron chi connectivity index (χ4n) is 1.59. The first kappa shape index (κ1) is 9.96. The van der Waals surface area contributed by atoms with E-state index in [1.165, 1.54) is 0 Å². The van der Waals surface area contributed by atoms with Gasteiger partial charge >= 0.3 is 0 Å². The Morgan fingerprint density at radius 3 is 2.83 bits per heavy atom. The molecule has 0 spiro atoms. The molecular formula is C9H20N2O. The van der Waals surface area contributed by atoms with E-state index in [-0.39, 0.29) is 5.54 Å². The summed E-state index contributed by atoms with van der Waals surface area (Å²) in [5, 5.41) is 0. The minimum Gasteiger partial charge on any atom is -0.378 e. The molecule has 1 rings (SSSR count). The topological polar surface area (TPSA) is 38.5 Å². The molecule has 0 atom stereocenters. The number of morpholine rings is 1. The molecular weight excluding hydrogens is 152 g/mol. The fourth-order valence-corrected chi connectivity index (χ4v) is 1.59. The summed E-state index contributed by atoms with van der Waals surface area (Å²) in [6.45, 7) is 9.10. The predicted molar refractivity (Wildman–Crippen MR) is 50.1 cm³/mol. The quantitative estimate of drug-likeness (QED) is 0.671. The van der Waals surface area contributed by atoms with Gasteiger partial charge in [0.15, 0.2) is 0 Å². The maximum Gasteiger partial charge on any atom is 0.0645 e. The van der Waals surface area contributed by atoms with Crippen LogP contribution in [0.3, 0.4) is 0 Å². The van der Waals surface area contributed by atoms with Crippen molar-refractivity contribution < 1.29 is 4.74 Å². The molecule has 1 heterocycles. The largest absolute Gasteiger partial charge is 0.378 e. The Morgan fingerprint density at radius 2 is 2.25 bits per heavy atom. The molecule has 0 radical (unpaired) electrons. The highest BCUT2D eigenvalue weighted by molar-refractivity contribution is 4.84. The number of hydrogen-bond donors (Lipinski definition) is 1. The fraction of sp³-hybridized carbons (Fsp3) is 1.00. The van der Waals surface area contributed by atoms with E-state index in [0.717, 1.165) is 39.3 Å². The van der Waals surface area contributed by atoms with Crippen LogP contribution in [0.15, 0.2) is 0 Å². The number of ether oxygens (including phenoxy) is 1. The molecule has 3 heteroatoms. The Hall–Kier alpha value is -0.120. The monoisotopic (exact) mass is 172 g/mol. The molecule has 0 bridgehead atoms. The summed E-state index contributed by atoms with van der Waals surface area (Å²) in [6, 6.07) is 0. The molecule has 3 nitrogen and oxygen atoms in total. The van der Waals surface area contributed by atoms with Crippen LogP contribution in [0.4, 0.5) is 0 Å². The second-order valence-corrected chi connectivity index (χ2v) is 3.99. The highest BCUT2D eigenvalue weighted by Gasteiger charge is 2.29. The van der Waals surface area contributed by atoms with Crippen molar-refractivity contribution in [1.29, 1.82) is 0 Å². The van der Waals surface area contributed by atoms with Crippen molar-refractivity contribution >= 4 is 0 Å². The summed E-state index contributed by atoms with van der Waals surface area (Å²) in [7, 11) is 0. The summed E-state index contributed by atoms with van der Waals surface area (Å²) in [4.78, 5) is 2.46. The minimum absolute atomic E-state index is 0.202. The van der Waals surface area contributed by atoms with Crippen LogP contribution in [-0.4, -0.2) is 43.3 Å². The Bertz CT molecular complexity index is 136. The summed E-state index contributed by atoms with van der Waals surface area (Å²) < 4.78 is 5.42. The van der Waals surface area contributed by atoms with E-state index in [9.17, 15) is 0 Å². The number of nitrogens with zero attached hydrogens (tertiary/aromatic N) is 1. The standard InChI is InChI=1S/C9H20N2O/c1-9(2)8-12-7-6-11(9)5-3-4-10/h3-8,10H2,1-2H3. The molecule has 0 unspecified atom stereocenters. The molecule has 1 aliphatic rings. The van der Waals surface area contributed by atoms with Crippen molar-refractivity contribution in [1.82, 2.24) is 4.90 Å². The Kier molecular flexibility index (Phi) is 3.50. The van der Waals surface area contributed by atoms with Gasteiger partial charge in [0, 0.05) is 18.6 Å². The molecule has 0 aliphatic carbocycles. The number of nitrogens with two attached hydrogens (primary N) is 1. The summed E-state index contributed by atoms with van der Waals surface area (Å²) in [5.41, 5.74) is 5.68. The van der Waals surface area contributed by atoms with Gasteiger partial charge in [0.25, 0.3) is 0 Å². The first-order chi connectivity index (χ1) is 5.67. The third-order valence-corrected chi connectivity index (χ3v) is 2.45. The van der Waals surface area contributed by atoms with Crippen LogP contribution in [0.5, 0.6) is 0 Å². The van der Waals surface area contributed by atoms with E-state index >= 15 is 0 Å². The summed E-state index contributed by atoms with van der Waals surface area (Å²) in [5.74, 6) is 0. The average Bonchev–Trinajstić information content (AvgIpc) is 2.02. The van der Waals surface area contributed by atoms with E-state index in [2.05, 4.69) is 18.7 Å². The zero-order valence-corrected chi connectivity index (χ0v) is 8.18.